The van der Waals surface area contributed by atoms with Gasteiger partial charge in [-0.15, -0.1) is 0 Å². The van der Waals surface area contributed by atoms with Gasteiger partial charge in [0.15, 0.2) is 6.61 Å². The summed E-state index contributed by atoms with van der Waals surface area (Å²) in [7, 11) is 0. The molecule has 1 unspecified atom stereocenters. The number of benzene rings is 1. The highest BCUT2D eigenvalue weighted by Crippen LogP contribution is 2.18. The van der Waals surface area contributed by atoms with Crippen LogP contribution >= 0.6 is 11.6 Å². The SMILES string of the molecule is CCC1CN(C(=O)COc2cccc(Cl)c2)CCC1=O. The number of amides is 1. The predicted octanol–water partition coefficient (Wildman–Crippen LogP) is 2.55. The fourth-order valence-corrected chi connectivity index (χ4v) is 2.47. The lowest BCUT2D eigenvalue weighted by molar-refractivity contribution is -0.138. The molecule has 0 N–H and O–H groups in total. The summed E-state index contributed by atoms with van der Waals surface area (Å²) in [6, 6.07) is 6.95. The van der Waals surface area contributed by atoms with Gasteiger partial charge < -0.3 is 9.64 Å². The van der Waals surface area contributed by atoms with Gasteiger partial charge in [-0.2, -0.15) is 0 Å². The van der Waals surface area contributed by atoms with Crippen LogP contribution in [0.2, 0.25) is 5.02 Å². The minimum Gasteiger partial charge on any atom is -0.484 e. The number of ether oxygens (including phenoxy) is 1. The number of piperidine rings is 1. The maximum absolute atomic E-state index is 12.1. The van der Waals surface area contributed by atoms with Crippen molar-refractivity contribution < 1.29 is 14.3 Å². The highest BCUT2D eigenvalue weighted by atomic mass is 35.5. The van der Waals surface area contributed by atoms with Crippen molar-refractivity contribution in [1.29, 1.82) is 0 Å². The molecule has 0 radical (unpaired) electrons. The molecule has 1 aromatic rings. The average Bonchev–Trinajstić information content (AvgIpc) is 2.45. The van der Waals surface area contributed by atoms with Crippen molar-refractivity contribution in [3.8, 4) is 5.75 Å². The number of nitrogens with zero attached hydrogens (tertiary/aromatic N) is 1. The Kier molecular flexibility index (Phi) is 5.01. The van der Waals surface area contributed by atoms with Gasteiger partial charge in [-0.25, -0.2) is 0 Å². The first-order chi connectivity index (χ1) is 9.60. The molecule has 4 nitrogen and oxygen atoms in total. The number of Topliss-reactive ketones (excluding diaryl/α,β-unsaturated/α-hetero) is 1. The molecule has 0 aromatic heterocycles. The normalized spacial score (nSPS) is 19.0. The van der Waals surface area contributed by atoms with Crippen LogP contribution in [0.15, 0.2) is 24.3 Å². The lowest BCUT2D eigenvalue weighted by Crippen LogP contribution is -2.45. The first kappa shape index (κ1) is 14.9. The molecule has 108 valence electrons. The van der Waals surface area contributed by atoms with Gasteiger partial charge >= 0.3 is 0 Å². The first-order valence-electron chi connectivity index (χ1n) is 6.79. The van der Waals surface area contributed by atoms with Crippen LogP contribution in [0.4, 0.5) is 0 Å². The number of rotatable bonds is 4. The van der Waals surface area contributed by atoms with Crippen molar-refractivity contribution in [3.05, 3.63) is 29.3 Å². The molecule has 1 atom stereocenters. The lowest BCUT2D eigenvalue weighted by atomic mass is 9.94. The van der Waals surface area contributed by atoms with Crippen LogP contribution in [0.3, 0.4) is 0 Å². The second kappa shape index (κ2) is 6.75. The molecule has 1 amide bonds. The van der Waals surface area contributed by atoms with Crippen molar-refractivity contribution in [3.63, 3.8) is 0 Å². The van der Waals surface area contributed by atoms with Crippen LogP contribution in [0, 0.1) is 5.92 Å². The fourth-order valence-electron chi connectivity index (χ4n) is 2.28. The molecule has 1 saturated heterocycles. The Morgan fingerprint density at radius 1 is 1.50 bits per heavy atom. The maximum Gasteiger partial charge on any atom is 0.260 e. The summed E-state index contributed by atoms with van der Waals surface area (Å²) in [5, 5.41) is 0.574. The van der Waals surface area contributed by atoms with Crippen molar-refractivity contribution in [2.24, 2.45) is 5.92 Å². The zero-order chi connectivity index (χ0) is 14.5. The maximum atomic E-state index is 12.1. The standard InChI is InChI=1S/C15H18ClNO3/c1-2-11-9-17(7-6-14(11)18)15(19)10-20-13-5-3-4-12(16)8-13/h3-5,8,11H,2,6-7,9-10H2,1H3. The monoisotopic (exact) mass is 295 g/mol. The van der Waals surface area contributed by atoms with E-state index in [2.05, 4.69) is 0 Å². The van der Waals surface area contributed by atoms with Crippen molar-refractivity contribution >= 4 is 23.3 Å². The summed E-state index contributed by atoms with van der Waals surface area (Å²) in [6.45, 7) is 2.95. The number of carbonyl (C=O) groups excluding carboxylic acids is 2. The molecule has 0 bridgehead atoms. The lowest BCUT2D eigenvalue weighted by Gasteiger charge is -2.31. The van der Waals surface area contributed by atoms with Gasteiger partial charge in [0.05, 0.1) is 0 Å². The highest BCUT2D eigenvalue weighted by molar-refractivity contribution is 6.30. The topological polar surface area (TPSA) is 46.6 Å². The van der Waals surface area contributed by atoms with E-state index in [0.717, 1.165) is 6.42 Å². The van der Waals surface area contributed by atoms with E-state index in [1.807, 2.05) is 6.92 Å². The van der Waals surface area contributed by atoms with Crippen LogP contribution in [-0.4, -0.2) is 36.3 Å². The van der Waals surface area contributed by atoms with Gasteiger partial charge in [0.2, 0.25) is 0 Å². The minimum atomic E-state index is -0.0871. The van der Waals surface area contributed by atoms with E-state index in [1.54, 1.807) is 29.2 Å². The number of halogens is 1. The smallest absolute Gasteiger partial charge is 0.260 e. The molecule has 1 aliphatic rings. The number of hydrogen-bond acceptors (Lipinski definition) is 3. The van der Waals surface area contributed by atoms with Crippen molar-refractivity contribution in [2.75, 3.05) is 19.7 Å². The van der Waals surface area contributed by atoms with Gasteiger partial charge in [0.25, 0.3) is 5.91 Å². The Hall–Kier alpha value is -1.55. The Morgan fingerprint density at radius 2 is 2.30 bits per heavy atom. The Bertz CT molecular complexity index is 504. The summed E-state index contributed by atoms with van der Waals surface area (Å²) in [5.41, 5.74) is 0. The van der Waals surface area contributed by atoms with Crippen molar-refractivity contribution in [1.82, 2.24) is 4.90 Å². The first-order valence-corrected chi connectivity index (χ1v) is 7.16. The largest absolute Gasteiger partial charge is 0.484 e. The van der Waals surface area contributed by atoms with E-state index in [0.29, 0.717) is 30.3 Å². The molecule has 5 heteroatoms. The zero-order valence-corrected chi connectivity index (χ0v) is 12.2. The molecule has 2 rings (SSSR count). The van der Waals surface area contributed by atoms with Crippen LogP contribution in [0.5, 0.6) is 5.75 Å². The number of likely N-dealkylation sites (tertiary alicyclic amines) is 1. The molecule has 20 heavy (non-hydrogen) atoms. The van der Waals surface area contributed by atoms with E-state index >= 15 is 0 Å². The highest BCUT2D eigenvalue weighted by Gasteiger charge is 2.28. The van der Waals surface area contributed by atoms with Gasteiger partial charge in [-0.05, 0) is 24.6 Å². The third kappa shape index (κ3) is 3.73. The molecule has 0 saturated carbocycles. The van der Waals surface area contributed by atoms with Crippen LogP contribution in [-0.2, 0) is 9.59 Å². The summed E-state index contributed by atoms with van der Waals surface area (Å²) in [6.07, 6.45) is 1.22. The molecule has 0 spiro atoms. The Labute approximate surface area is 123 Å². The second-order valence-electron chi connectivity index (χ2n) is 4.91. The fraction of sp³-hybridized carbons (Fsp3) is 0.467. The zero-order valence-electron chi connectivity index (χ0n) is 11.5. The number of ketones is 1. The Morgan fingerprint density at radius 3 is 3.00 bits per heavy atom. The Balaban J connectivity index is 1.87. The molecular weight excluding hydrogens is 278 g/mol. The number of carbonyl (C=O) groups is 2. The summed E-state index contributed by atoms with van der Waals surface area (Å²) >= 11 is 5.85. The summed E-state index contributed by atoms with van der Waals surface area (Å²) in [4.78, 5) is 25.4. The average molecular weight is 296 g/mol. The van der Waals surface area contributed by atoms with E-state index in [-0.39, 0.29) is 24.2 Å². The van der Waals surface area contributed by atoms with Crippen molar-refractivity contribution in [2.45, 2.75) is 19.8 Å². The van der Waals surface area contributed by atoms with Crippen LogP contribution in [0.25, 0.3) is 0 Å². The molecule has 0 aliphatic carbocycles. The van der Waals surface area contributed by atoms with Gasteiger partial charge in [0.1, 0.15) is 11.5 Å². The van der Waals surface area contributed by atoms with Gasteiger partial charge in [-0.1, -0.05) is 24.6 Å². The second-order valence-corrected chi connectivity index (χ2v) is 5.34. The van der Waals surface area contributed by atoms with E-state index in [1.165, 1.54) is 0 Å². The van der Waals surface area contributed by atoms with Gasteiger partial charge in [-0.3, -0.25) is 9.59 Å². The molecule has 1 aliphatic heterocycles. The third-order valence-corrected chi connectivity index (χ3v) is 3.76. The molecular formula is C15H18ClNO3. The minimum absolute atomic E-state index is 0.0229. The quantitative estimate of drug-likeness (QED) is 0.857. The molecule has 1 heterocycles. The van der Waals surface area contributed by atoms with Crippen LogP contribution < -0.4 is 4.74 Å². The third-order valence-electron chi connectivity index (χ3n) is 3.53. The van der Waals surface area contributed by atoms with Gasteiger partial charge in [0, 0.05) is 30.5 Å². The summed E-state index contributed by atoms with van der Waals surface area (Å²) in [5.74, 6) is 0.716. The van der Waals surface area contributed by atoms with E-state index in [4.69, 9.17) is 16.3 Å². The molecule has 1 aromatic carbocycles. The van der Waals surface area contributed by atoms with Crippen LogP contribution in [0.1, 0.15) is 19.8 Å². The number of hydrogen-bond donors (Lipinski definition) is 0. The van der Waals surface area contributed by atoms with E-state index in [9.17, 15) is 9.59 Å². The summed E-state index contributed by atoms with van der Waals surface area (Å²) < 4.78 is 5.44. The predicted molar refractivity (Wildman–Crippen MR) is 76.9 cm³/mol. The molecule has 1 fully saturated rings. The van der Waals surface area contributed by atoms with E-state index < -0.39 is 0 Å².